The molecule has 0 saturated carbocycles. The maximum Gasteiger partial charge on any atom is 0.381 e. The molecular weight excluding hydrogens is 328 g/mol. The van der Waals surface area contributed by atoms with Crippen LogP contribution in [0.15, 0.2) is 47.9 Å². The standard InChI is InChI=1S/C18H18O7/c1-12(19)24-18(16(23-3)15(22-2)17(21)25-18)11-14(20)10-9-13-7-5-4-6-8-13/h4-10H,11H2,1-3H3/b10-9+. The zero-order valence-corrected chi connectivity index (χ0v) is 14.1. The van der Waals surface area contributed by atoms with Gasteiger partial charge in [0.15, 0.2) is 5.78 Å². The van der Waals surface area contributed by atoms with Crippen molar-refractivity contribution >= 4 is 23.8 Å². The van der Waals surface area contributed by atoms with E-state index in [9.17, 15) is 14.4 Å². The Morgan fingerprint density at radius 1 is 1.16 bits per heavy atom. The fraction of sp³-hybridized carbons (Fsp3) is 0.278. The summed E-state index contributed by atoms with van der Waals surface area (Å²) in [5.74, 6) is -4.41. The molecule has 0 saturated heterocycles. The summed E-state index contributed by atoms with van der Waals surface area (Å²) in [5, 5.41) is 0. The summed E-state index contributed by atoms with van der Waals surface area (Å²) in [6.07, 6.45) is 2.48. The van der Waals surface area contributed by atoms with Crippen molar-refractivity contribution in [3.8, 4) is 0 Å². The molecule has 0 N–H and O–H groups in total. The van der Waals surface area contributed by atoms with E-state index >= 15 is 0 Å². The highest BCUT2D eigenvalue weighted by molar-refractivity contribution is 5.97. The number of hydrogen-bond donors (Lipinski definition) is 0. The minimum absolute atomic E-state index is 0.156. The molecule has 1 aliphatic rings. The number of allylic oxidation sites excluding steroid dienone is 1. The first-order chi connectivity index (χ1) is 11.9. The lowest BCUT2D eigenvalue weighted by atomic mass is 10.1. The summed E-state index contributed by atoms with van der Waals surface area (Å²) >= 11 is 0. The van der Waals surface area contributed by atoms with Gasteiger partial charge in [-0.05, 0) is 11.6 Å². The van der Waals surface area contributed by atoms with Crippen molar-refractivity contribution in [2.45, 2.75) is 19.1 Å². The first-order valence-electron chi connectivity index (χ1n) is 7.43. The Morgan fingerprint density at radius 2 is 1.84 bits per heavy atom. The first kappa shape index (κ1) is 18.3. The van der Waals surface area contributed by atoms with Crippen LogP contribution in [0.5, 0.6) is 0 Å². The van der Waals surface area contributed by atoms with Gasteiger partial charge in [0, 0.05) is 6.92 Å². The number of rotatable bonds is 7. The molecule has 1 aliphatic heterocycles. The number of ether oxygens (including phenoxy) is 4. The molecule has 0 radical (unpaired) electrons. The van der Waals surface area contributed by atoms with E-state index in [0.717, 1.165) is 12.5 Å². The molecule has 25 heavy (non-hydrogen) atoms. The van der Waals surface area contributed by atoms with Crippen LogP contribution >= 0.6 is 0 Å². The van der Waals surface area contributed by atoms with Crippen LogP contribution in [0.3, 0.4) is 0 Å². The van der Waals surface area contributed by atoms with Crippen LogP contribution in [0.4, 0.5) is 0 Å². The maximum absolute atomic E-state index is 12.3. The summed E-state index contributed by atoms with van der Waals surface area (Å²) in [5.41, 5.74) is 0.820. The van der Waals surface area contributed by atoms with Crippen molar-refractivity contribution in [2.75, 3.05) is 14.2 Å². The van der Waals surface area contributed by atoms with E-state index in [-0.39, 0.29) is 11.5 Å². The Morgan fingerprint density at radius 3 is 2.40 bits per heavy atom. The van der Waals surface area contributed by atoms with Crippen LogP contribution in [0.2, 0.25) is 0 Å². The molecule has 0 aliphatic carbocycles. The van der Waals surface area contributed by atoms with Gasteiger partial charge in [-0.25, -0.2) is 4.79 Å². The summed E-state index contributed by atoms with van der Waals surface area (Å²) in [6.45, 7) is 1.14. The van der Waals surface area contributed by atoms with Crippen molar-refractivity contribution < 1.29 is 33.3 Å². The number of methoxy groups -OCH3 is 2. The van der Waals surface area contributed by atoms with E-state index in [1.807, 2.05) is 30.3 Å². The van der Waals surface area contributed by atoms with E-state index < -0.39 is 29.9 Å². The average Bonchev–Trinajstić information content (AvgIpc) is 2.83. The highest BCUT2D eigenvalue weighted by atomic mass is 16.8. The van der Waals surface area contributed by atoms with Gasteiger partial charge >= 0.3 is 17.7 Å². The summed E-state index contributed by atoms with van der Waals surface area (Å²) in [6, 6.07) is 9.17. The highest BCUT2D eigenvalue weighted by Crippen LogP contribution is 2.38. The Bertz CT molecular complexity index is 733. The normalized spacial score (nSPS) is 19.7. The number of benzene rings is 1. The largest absolute Gasteiger partial charge is 0.490 e. The number of carbonyl (C=O) groups excluding carboxylic acids is 3. The van der Waals surface area contributed by atoms with Crippen LogP contribution in [0.25, 0.3) is 6.08 Å². The van der Waals surface area contributed by atoms with E-state index in [4.69, 9.17) is 18.9 Å². The molecule has 7 nitrogen and oxygen atoms in total. The lowest BCUT2D eigenvalue weighted by molar-refractivity contribution is -0.214. The van der Waals surface area contributed by atoms with Gasteiger partial charge in [0.05, 0.1) is 20.6 Å². The third-order valence-corrected chi connectivity index (χ3v) is 3.38. The third-order valence-electron chi connectivity index (χ3n) is 3.38. The van der Waals surface area contributed by atoms with Gasteiger partial charge in [0.25, 0.3) is 5.76 Å². The summed E-state index contributed by atoms with van der Waals surface area (Å²) in [4.78, 5) is 35.7. The fourth-order valence-electron chi connectivity index (χ4n) is 2.43. The summed E-state index contributed by atoms with van der Waals surface area (Å²) in [7, 11) is 2.51. The SMILES string of the molecule is COC1=C(OC)C(CC(=O)/C=C/c2ccccc2)(OC(C)=O)OC1=O. The van der Waals surface area contributed by atoms with Crippen LogP contribution in [0, 0.1) is 0 Å². The number of hydrogen-bond acceptors (Lipinski definition) is 7. The Kier molecular flexibility index (Phi) is 5.59. The monoisotopic (exact) mass is 346 g/mol. The Balaban J connectivity index is 2.28. The van der Waals surface area contributed by atoms with Gasteiger partial charge in [-0.3, -0.25) is 9.59 Å². The van der Waals surface area contributed by atoms with Gasteiger partial charge in [-0.2, -0.15) is 0 Å². The van der Waals surface area contributed by atoms with Gasteiger partial charge in [-0.1, -0.05) is 36.4 Å². The molecule has 0 spiro atoms. The fourth-order valence-corrected chi connectivity index (χ4v) is 2.43. The van der Waals surface area contributed by atoms with Crippen LogP contribution in [-0.2, 0) is 33.3 Å². The van der Waals surface area contributed by atoms with Crippen molar-refractivity contribution in [3.05, 3.63) is 53.5 Å². The van der Waals surface area contributed by atoms with Gasteiger partial charge in [-0.15, -0.1) is 0 Å². The zero-order valence-electron chi connectivity index (χ0n) is 14.1. The zero-order chi connectivity index (χ0) is 18.4. The maximum atomic E-state index is 12.3. The van der Waals surface area contributed by atoms with Gasteiger partial charge < -0.3 is 18.9 Å². The quantitative estimate of drug-likeness (QED) is 0.551. The molecule has 1 aromatic carbocycles. The Hall–Kier alpha value is -3.09. The second-order valence-electron chi connectivity index (χ2n) is 5.19. The topological polar surface area (TPSA) is 88.1 Å². The molecule has 1 heterocycles. The minimum atomic E-state index is -1.97. The molecule has 1 unspecified atom stereocenters. The molecule has 1 aromatic rings. The predicted octanol–water partition coefficient (Wildman–Crippen LogP) is 1.98. The molecule has 0 aromatic heterocycles. The molecule has 2 rings (SSSR count). The van der Waals surface area contributed by atoms with Gasteiger partial charge in [0.2, 0.25) is 5.76 Å². The van der Waals surface area contributed by atoms with Crippen molar-refractivity contribution in [3.63, 3.8) is 0 Å². The van der Waals surface area contributed by atoms with E-state index in [2.05, 4.69) is 0 Å². The smallest absolute Gasteiger partial charge is 0.381 e. The second kappa shape index (κ2) is 7.65. The number of ketones is 1. The lowest BCUT2D eigenvalue weighted by Gasteiger charge is -2.27. The van der Waals surface area contributed by atoms with Crippen molar-refractivity contribution in [1.29, 1.82) is 0 Å². The van der Waals surface area contributed by atoms with E-state index in [0.29, 0.717) is 0 Å². The highest BCUT2D eigenvalue weighted by Gasteiger charge is 2.55. The van der Waals surface area contributed by atoms with Crippen molar-refractivity contribution in [2.24, 2.45) is 0 Å². The number of carbonyl (C=O) groups is 3. The second-order valence-corrected chi connectivity index (χ2v) is 5.19. The molecule has 7 heteroatoms. The Labute approximate surface area is 144 Å². The summed E-state index contributed by atoms with van der Waals surface area (Å²) < 4.78 is 20.3. The molecule has 0 bridgehead atoms. The van der Waals surface area contributed by atoms with Gasteiger partial charge in [0.1, 0.15) is 0 Å². The van der Waals surface area contributed by atoms with Crippen LogP contribution in [-0.4, -0.2) is 37.7 Å². The van der Waals surface area contributed by atoms with E-state index in [1.165, 1.54) is 20.3 Å². The molecule has 0 amide bonds. The molecule has 132 valence electrons. The van der Waals surface area contributed by atoms with Crippen LogP contribution < -0.4 is 0 Å². The first-order valence-corrected chi connectivity index (χ1v) is 7.43. The number of cyclic esters (lactones) is 1. The third kappa shape index (κ3) is 4.06. The van der Waals surface area contributed by atoms with Crippen molar-refractivity contribution in [1.82, 2.24) is 0 Å². The van der Waals surface area contributed by atoms with E-state index in [1.54, 1.807) is 6.08 Å². The molecular formula is C18H18O7. The molecule has 0 fully saturated rings. The van der Waals surface area contributed by atoms with Crippen LogP contribution in [0.1, 0.15) is 18.9 Å². The average molecular weight is 346 g/mol. The lowest BCUT2D eigenvalue weighted by Crippen LogP contribution is -2.40. The number of esters is 2. The molecule has 1 atom stereocenters. The minimum Gasteiger partial charge on any atom is -0.490 e. The predicted molar refractivity (Wildman–Crippen MR) is 86.7 cm³/mol.